The van der Waals surface area contributed by atoms with E-state index in [1.807, 2.05) is 0 Å². The summed E-state index contributed by atoms with van der Waals surface area (Å²) in [5.41, 5.74) is 4.28. The van der Waals surface area contributed by atoms with E-state index >= 15 is 0 Å². The summed E-state index contributed by atoms with van der Waals surface area (Å²) in [6.45, 7) is 0. The number of rotatable bonds is 7. The van der Waals surface area contributed by atoms with Crippen molar-refractivity contribution in [2.24, 2.45) is 5.10 Å². The summed E-state index contributed by atoms with van der Waals surface area (Å²) in [6, 6.07) is 17.7. The fourth-order valence-electron chi connectivity index (χ4n) is 2.55. The van der Waals surface area contributed by atoms with E-state index in [1.165, 1.54) is 24.3 Å². The van der Waals surface area contributed by atoms with E-state index in [0.29, 0.717) is 16.8 Å². The Labute approximate surface area is 185 Å². The molecule has 10 nitrogen and oxygen atoms in total. The van der Waals surface area contributed by atoms with E-state index in [2.05, 4.69) is 25.7 Å². The maximum Gasteiger partial charge on any atom is 0.283 e. The summed E-state index contributed by atoms with van der Waals surface area (Å²) < 4.78 is 5.66. The highest BCUT2D eigenvalue weighted by atomic mass is 32.2. The topological polar surface area (TPSA) is 136 Å². The van der Waals surface area contributed by atoms with Crippen molar-refractivity contribution in [2.45, 2.75) is 5.22 Å². The first kappa shape index (κ1) is 20.9. The molecule has 4 aromatic rings. The van der Waals surface area contributed by atoms with Gasteiger partial charge in [-0.15, -0.1) is 10.2 Å². The molecule has 2 aromatic heterocycles. The molecule has 1 N–H and O–H groups in total. The Morgan fingerprint density at radius 1 is 1.00 bits per heavy atom. The number of carbonyl (C=O) groups is 1. The number of benzene rings is 2. The van der Waals surface area contributed by atoms with Crippen LogP contribution in [0.3, 0.4) is 0 Å². The monoisotopic (exact) mass is 446 g/mol. The standard InChI is InChI=1S/C21H14N6O4S/c28-18(14-4-2-1-3-5-14)20(25-23-16-6-8-17(9-7-16)27(29)30)32-21-26-24-19(31-21)15-10-12-22-13-11-15/h1-13,23H. The lowest BCUT2D eigenvalue weighted by molar-refractivity contribution is -0.384. The fourth-order valence-corrected chi connectivity index (χ4v) is 3.22. The molecule has 158 valence electrons. The van der Waals surface area contributed by atoms with E-state index in [-0.39, 0.29) is 27.6 Å². The minimum Gasteiger partial charge on any atom is -0.411 e. The van der Waals surface area contributed by atoms with Crippen LogP contribution < -0.4 is 5.43 Å². The molecule has 0 amide bonds. The largest absolute Gasteiger partial charge is 0.411 e. The van der Waals surface area contributed by atoms with Crippen molar-refractivity contribution in [2.75, 3.05) is 5.43 Å². The van der Waals surface area contributed by atoms with E-state index in [9.17, 15) is 14.9 Å². The second-order valence-electron chi connectivity index (χ2n) is 6.24. The van der Waals surface area contributed by atoms with Gasteiger partial charge >= 0.3 is 0 Å². The predicted molar refractivity (Wildman–Crippen MR) is 118 cm³/mol. The van der Waals surface area contributed by atoms with Gasteiger partial charge in [0, 0.05) is 35.7 Å². The van der Waals surface area contributed by atoms with E-state index in [4.69, 9.17) is 4.42 Å². The van der Waals surface area contributed by atoms with Gasteiger partial charge in [-0.2, -0.15) is 5.10 Å². The van der Waals surface area contributed by atoms with Crippen molar-refractivity contribution in [1.82, 2.24) is 15.2 Å². The summed E-state index contributed by atoms with van der Waals surface area (Å²) in [6.07, 6.45) is 3.21. The number of nitrogens with one attached hydrogen (secondary N) is 1. The van der Waals surface area contributed by atoms with Crippen LogP contribution in [0.2, 0.25) is 0 Å². The number of Topliss-reactive ketones (excluding diaryl/α,β-unsaturated/α-hetero) is 1. The third-order valence-corrected chi connectivity index (χ3v) is 4.92. The molecular formula is C21H14N6O4S. The Morgan fingerprint density at radius 2 is 1.72 bits per heavy atom. The average molecular weight is 446 g/mol. The van der Waals surface area contributed by atoms with E-state index in [0.717, 1.165) is 11.8 Å². The maximum atomic E-state index is 13.0. The van der Waals surface area contributed by atoms with Crippen LogP contribution in [0.1, 0.15) is 10.4 Å². The van der Waals surface area contributed by atoms with E-state index < -0.39 is 4.92 Å². The van der Waals surface area contributed by atoms with Gasteiger partial charge in [0.1, 0.15) is 0 Å². The van der Waals surface area contributed by atoms with Crippen LogP contribution in [0.25, 0.3) is 11.5 Å². The summed E-state index contributed by atoms with van der Waals surface area (Å²) in [4.78, 5) is 27.3. The zero-order chi connectivity index (χ0) is 22.3. The molecule has 4 rings (SSSR count). The molecule has 0 radical (unpaired) electrons. The van der Waals surface area contributed by atoms with Crippen molar-refractivity contribution in [3.63, 3.8) is 0 Å². The molecule has 0 bridgehead atoms. The number of nitro groups is 1. The van der Waals surface area contributed by atoms with Crippen LogP contribution in [0.4, 0.5) is 11.4 Å². The van der Waals surface area contributed by atoms with Crippen molar-refractivity contribution in [3.8, 4) is 11.5 Å². The fraction of sp³-hybridized carbons (Fsp3) is 0. The third kappa shape index (κ3) is 5.02. The SMILES string of the molecule is O=C(C(=NNc1ccc([N+](=O)[O-])cc1)Sc1nnc(-c2ccncc2)o1)c1ccccc1. The molecule has 2 aromatic carbocycles. The molecule has 0 aliphatic rings. The second kappa shape index (κ2) is 9.62. The van der Waals surface area contributed by atoms with Gasteiger partial charge in [-0.25, -0.2) is 0 Å². The number of ketones is 1. The van der Waals surface area contributed by atoms with E-state index in [1.54, 1.807) is 54.9 Å². The molecule has 32 heavy (non-hydrogen) atoms. The number of nitro benzene ring substituents is 1. The first-order valence-electron chi connectivity index (χ1n) is 9.20. The van der Waals surface area contributed by atoms with Crippen LogP contribution >= 0.6 is 11.8 Å². The second-order valence-corrected chi connectivity index (χ2v) is 7.18. The minimum atomic E-state index is -0.497. The average Bonchev–Trinajstić information content (AvgIpc) is 3.31. The summed E-state index contributed by atoms with van der Waals surface area (Å²) in [5.74, 6) is -0.0709. The lowest BCUT2D eigenvalue weighted by Crippen LogP contribution is -2.13. The molecule has 0 aliphatic heterocycles. The molecule has 0 saturated heterocycles. The number of non-ortho nitro benzene ring substituents is 1. The third-order valence-electron chi connectivity index (χ3n) is 4.11. The smallest absolute Gasteiger partial charge is 0.283 e. The Morgan fingerprint density at radius 3 is 2.41 bits per heavy atom. The number of hydrazone groups is 1. The van der Waals surface area contributed by atoms with Crippen LogP contribution in [0, 0.1) is 10.1 Å². The Hall–Kier alpha value is -4.38. The number of thioether (sulfide) groups is 1. The van der Waals surface area contributed by atoms with Gasteiger partial charge in [-0.1, -0.05) is 30.3 Å². The minimum absolute atomic E-state index is 0.0519. The lowest BCUT2D eigenvalue weighted by Gasteiger charge is -2.05. The van der Waals surface area contributed by atoms with Crippen molar-refractivity contribution in [1.29, 1.82) is 0 Å². The molecular weight excluding hydrogens is 432 g/mol. The quantitative estimate of drug-likeness (QED) is 0.109. The highest BCUT2D eigenvalue weighted by Gasteiger charge is 2.20. The molecule has 0 saturated carbocycles. The molecule has 11 heteroatoms. The van der Waals surface area contributed by atoms with Gasteiger partial charge in [0.25, 0.3) is 10.9 Å². The number of anilines is 1. The lowest BCUT2D eigenvalue weighted by atomic mass is 10.1. The number of hydrogen-bond donors (Lipinski definition) is 1. The first-order chi connectivity index (χ1) is 15.6. The van der Waals surface area contributed by atoms with Gasteiger partial charge in [-0.3, -0.25) is 25.3 Å². The van der Waals surface area contributed by atoms with Gasteiger partial charge in [0.05, 0.1) is 10.6 Å². The van der Waals surface area contributed by atoms with Crippen LogP contribution in [0.15, 0.2) is 93.9 Å². The zero-order valence-corrected chi connectivity index (χ0v) is 17.1. The predicted octanol–water partition coefficient (Wildman–Crippen LogP) is 4.44. The molecule has 0 spiro atoms. The summed E-state index contributed by atoms with van der Waals surface area (Å²) in [7, 11) is 0. The number of carbonyl (C=O) groups excluding carboxylic acids is 1. The molecule has 0 atom stereocenters. The van der Waals surface area contributed by atoms with Gasteiger partial charge in [-0.05, 0) is 36.0 Å². The summed E-state index contributed by atoms with van der Waals surface area (Å²) in [5, 5.41) is 23.2. The van der Waals surface area contributed by atoms with Crippen molar-refractivity contribution < 1.29 is 14.1 Å². The van der Waals surface area contributed by atoms with Crippen LogP contribution in [0.5, 0.6) is 0 Å². The highest BCUT2D eigenvalue weighted by Crippen LogP contribution is 2.25. The number of aromatic nitrogens is 3. The van der Waals surface area contributed by atoms with Gasteiger partial charge < -0.3 is 4.42 Å². The highest BCUT2D eigenvalue weighted by molar-refractivity contribution is 8.15. The first-order valence-corrected chi connectivity index (χ1v) is 10.0. The maximum absolute atomic E-state index is 13.0. The van der Waals surface area contributed by atoms with Gasteiger partial charge in [0.2, 0.25) is 11.7 Å². The normalized spacial score (nSPS) is 11.2. The Balaban J connectivity index is 1.59. The Bertz CT molecular complexity index is 1260. The van der Waals surface area contributed by atoms with Crippen LogP contribution in [-0.4, -0.2) is 30.9 Å². The van der Waals surface area contributed by atoms with Crippen LogP contribution in [-0.2, 0) is 0 Å². The van der Waals surface area contributed by atoms with Crippen molar-refractivity contribution in [3.05, 3.63) is 94.8 Å². The Kier molecular flexibility index (Phi) is 6.28. The van der Waals surface area contributed by atoms with Crippen molar-refractivity contribution >= 4 is 34.0 Å². The zero-order valence-electron chi connectivity index (χ0n) is 16.3. The molecule has 0 fully saturated rings. The molecule has 0 unspecified atom stereocenters. The van der Waals surface area contributed by atoms with Gasteiger partial charge in [0.15, 0.2) is 5.04 Å². The summed E-state index contributed by atoms with van der Waals surface area (Å²) >= 11 is 0.908. The number of nitrogens with zero attached hydrogens (tertiary/aromatic N) is 5. The molecule has 0 aliphatic carbocycles. The molecule has 2 heterocycles. The number of pyridine rings is 1. The number of hydrogen-bond acceptors (Lipinski definition) is 10.